The highest BCUT2D eigenvalue weighted by Gasteiger charge is 2.14. The van der Waals surface area contributed by atoms with Crippen LogP contribution in [0.1, 0.15) is 25.3 Å². The van der Waals surface area contributed by atoms with Crippen molar-refractivity contribution in [1.82, 2.24) is 4.98 Å². The van der Waals surface area contributed by atoms with Crippen LogP contribution in [0.3, 0.4) is 0 Å². The zero-order valence-electron chi connectivity index (χ0n) is 10.1. The third-order valence-electron chi connectivity index (χ3n) is 2.47. The molecule has 0 amide bonds. The summed E-state index contributed by atoms with van der Waals surface area (Å²) in [5, 5.41) is 22.6. The molecule has 0 spiro atoms. The molecule has 18 heavy (non-hydrogen) atoms. The first-order valence-electron chi connectivity index (χ1n) is 5.63. The number of hydrogen-bond acceptors (Lipinski definition) is 6. The van der Waals surface area contributed by atoms with Crippen molar-refractivity contribution in [3.63, 3.8) is 0 Å². The monoisotopic (exact) mass is 249 g/mol. The van der Waals surface area contributed by atoms with E-state index in [0.717, 1.165) is 19.0 Å². The van der Waals surface area contributed by atoms with Gasteiger partial charge in [-0.2, -0.15) is 5.26 Å². The van der Waals surface area contributed by atoms with E-state index >= 15 is 0 Å². The van der Waals surface area contributed by atoms with E-state index < -0.39 is 4.92 Å². The minimum Gasteiger partial charge on any atom is -0.365 e. The van der Waals surface area contributed by atoms with Gasteiger partial charge in [-0.3, -0.25) is 10.1 Å². The third kappa shape index (κ3) is 3.40. The summed E-state index contributed by atoms with van der Waals surface area (Å²) < 4.78 is 0. The lowest BCUT2D eigenvalue weighted by molar-refractivity contribution is -0.385. The number of nitrogens with one attached hydrogen (secondary N) is 1. The van der Waals surface area contributed by atoms with Crippen molar-refractivity contribution < 1.29 is 4.92 Å². The quantitative estimate of drug-likeness (QED) is 0.581. The Labute approximate surface area is 105 Å². The number of anilines is 1. The fourth-order valence-electron chi connectivity index (χ4n) is 1.54. The molecule has 1 aromatic rings. The molecule has 0 bridgehead atoms. The average molecular weight is 249 g/mol. The van der Waals surface area contributed by atoms with E-state index in [9.17, 15) is 10.1 Å². The molecule has 0 aliphatic carbocycles. The molecule has 96 valence electrons. The summed E-state index contributed by atoms with van der Waals surface area (Å²) in [6.07, 6.45) is 2.92. The molecule has 1 aromatic heterocycles. The minimum atomic E-state index is -0.579. The molecular formula is C11H15N5O2. The zero-order chi connectivity index (χ0) is 13.5. The van der Waals surface area contributed by atoms with Crippen LogP contribution in [0.4, 0.5) is 11.5 Å². The topological polar surface area (TPSA) is 118 Å². The SMILES string of the molecule is CCCC(CN)Nc1ncc([N+](=O)[O-])cc1C#N. The Morgan fingerprint density at radius 1 is 1.72 bits per heavy atom. The molecule has 0 radical (unpaired) electrons. The number of pyridine rings is 1. The van der Waals surface area contributed by atoms with Crippen molar-refractivity contribution in [2.24, 2.45) is 5.73 Å². The zero-order valence-corrected chi connectivity index (χ0v) is 10.1. The summed E-state index contributed by atoms with van der Waals surface area (Å²) in [6, 6.07) is 3.11. The van der Waals surface area contributed by atoms with Gasteiger partial charge in [-0.15, -0.1) is 0 Å². The summed E-state index contributed by atoms with van der Waals surface area (Å²) in [5.41, 5.74) is 5.55. The van der Waals surface area contributed by atoms with Crippen LogP contribution >= 0.6 is 0 Å². The number of rotatable bonds is 6. The van der Waals surface area contributed by atoms with Gasteiger partial charge in [-0.05, 0) is 6.42 Å². The summed E-state index contributed by atoms with van der Waals surface area (Å²) in [6.45, 7) is 2.44. The number of nitrogens with zero attached hydrogens (tertiary/aromatic N) is 3. The van der Waals surface area contributed by atoms with Crippen LogP contribution in [0.5, 0.6) is 0 Å². The van der Waals surface area contributed by atoms with Gasteiger partial charge in [0.2, 0.25) is 0 Å². The Bertz CT molecular complexity index is 469. The molecule has 0 fully saturated rings. The minimum absolute atomic E-state index is 0.0102. The molecule has 3 N–H and O–H groups in total. The second kappa shape index (κ2) is 6.51. The predicted molar refractivity (Wildman–Crippen MR) is 67.0 cm³/mol. The van der Waals surface area contributed by atoms with Gasteiger partial charge in [-0.1, -0.05) is 13.3 Å². The molecule has 0 saturated carbocycles. The van der Waals surface area contributed by atoms with Crippen molar-refractivity contribution in [3.8, 4) is 6.07 Å². The fourth-order valence-corrected chi connectivity index (χ4v) is 1.54. The van der Waals surface area contributed by atoms with Crippen LogP contribution in [0.15, 0.2) is 12.3 Å². The lowest BCUT2D eigenvalue weighted by Crippen LogP contribution is -2.29. The molecule has 1 atom stereocenters. The van der Waals surface area contributed by atoms with Crippen LogP contribution in [-0.2, 0) is 0 Å². The summed E-state index contributed by atoms with van der Waals surface area (Å²) >= 11 is 0. The van der Waals surface area contributed by atoms with Gasteiger partial charge in [0.15, 0.2) is 0 Å². The molecule has 1 heterocycles. The average Bonchev–Trinajstić information content (AvgIpc) is 2.38. The van der Waals surface area contributed by atoms with Crippen LogP contribution < -0.4 is 11.1 Å². The van der Waals surface area contributed by atoms with E-state index in [1.54, 1.807) is 0 Å². The van der Waals surface area contributed by atoms with Crippen LogP contribution in [0.2, 0.25) is 0 Å². The van der Waals surface area contributed by atoms with Gasteiger partial charge in [0.1, 0.15) is 23.6 Å². The lowest BCUT2D eigenvalue weighted by atomic mass is 10.1. The molecule has 0 saturated heterocycles. The van der Waals surface area contributed by atoms with Crippen molar-refractivity contribution in [3.05, 3.63) is 27.9 Å². The van der Waals surface area contributed by atoms with Crippen molar-refractivity contribution in [2.45, 2.75) is 25.8 Å². The highest BCUT2D eigenvalue weighted by atomic mass is 16.6. The second-order valence-corrected chi connectivity index (χ2v) is 3.82. The van der Waals surface area contributed by atoms with Gasteiger partial charge in [-0.25, -0.2) is 4.98 Å². The maximum Gasteiger partial charge on any atom is 0.289 e. The molecule has 0 aliphatic heterocycles. The van der Waals surface area contributed by atoms with Crippen molar-refractivity contribution >= 4 is 11.5 Å². The van der Waals surface area contributed by atoms with Gasteiger partial charge < -0.3 is 11.1 Å². The largest absolute Gasteiger partial charge is 0.365 e. The van der Waals surface area contributed by atoms with E-state index in [1.807, 2.05) is 13.0 Å². The van der Waals surface area contributed by atoms with Gasteiger partial charge in [0.05, 0.1) is 4.92 Å². The molecule has 1 rings (SSSR count). The maximum atomic E-state index is 10.6. The number of nitro groups is 1. The van der Waals surface area contributed by atoms with Crippen molar-refractivity contribution in [2.75, 3.05) is 11.9 Å². The smallest absolute Gasteiger partial charge is 0.289 e. The molecule has 0 aromatic carbocycles. The van der Waals surface area contributed by atoms with Gasteiger partial charge >= 0.3 is 0 Å². The van der Waals surface area contributed by atoms with Crippen LogP contribution in [0, 0.1) is 21.4 Å². The Balaban J connectivity index is 2.96. The van der Waals surface area contributed by atoms with Crippen molar-refractivity contribution in [1.29, 1.82) is 5.26 Å². The maximum absolute atomic E-state index is 10.6. The highest BCUT2D eigenvalue weighted by molar-refractivity contribution is 5.56. The molecule has 7 nitrogen and oxygen atoms in total. The summed E-state index contributed by atoms with van der Waals surface area (Å²) in [4.78, 5) is 13.9. The highest BCUT2D eigenvalue weighted by Crippen LogP contribution is 2.19. The van der Waals surface area contributed by atoms with E-state index in [2.05, 4.69) is 10.3 Å². The predicted octanol–water partition coefficient (Wildman–Crippen LogP) is 1.40. The van der Waals surface area contributed by atoms with Crippen LogP contribution in [-0.4, -0.2) is 22.5 Å². The molecule has 7 heteroatoms. The summed E-state index contributed by atoms with van der Waals surface area (Å²) in [5.74, 6) is 0.340. The number of hydrogen-bond donors (Lipinski definition) is 2. The van der Waals surface area contributed by atoms with E-state index in [4.69, 9.17) is 11.0 Å². The number of aromatic nitrogens is 1. The number of nitriles is 1. The first kappa shape index (κ1) is 13.9. The summed E-state index contributed by atoms with van der Waals surface area (Å²) in [7, 11) is 0. The van der Waals surface area contributed by atoms with Crippen LogP contribution in [0.25, 0.3) is 0 Å². The number of nitrogens with two attached hydrogens (primary N) is 1. The third-order valence-corrected chi connectivity index (χ3v) is 2.47. The van der Waals surface area contributed by atoms with E-state index in [1.165, 1.54) is 6.07 Å². The van der Waals surface area contributed by atoms with E-state index in [0.29, 0.717) is 12.4 Å². The van der Waals surface area contributed by atoms with E-state index in [-0.39, 0.29) is 17.3 Å². The first-order valence-corrected chi connectivity index (χ1v) is 5.63. The Kier molecular flexibility index (Phi) is 5.02. The second-order valence-electron chi connectivity index (χ2n) is 3.82. The normalized spacial score (nSPS) is 11.6. The first-order chi connectivity index (χ1) is 8.62. The van der Waals surface area contributed by atoms with Gasteiger partial charge in [0, 0.05) is 18.7 Å². The fraction of sp³-hybridized carbons (Fsp3) is 0.455. The molecule has 1 unspecified atom stereocenters. The molecular weight excluding hydrogens is 234 g/mol. The Hall–Kier alpha value is -2.20. The Morgan fingerprint density at radius 3 is 2.94 bits per heavy atom. The molecule has 0 aliphatic rings. The van der Waals surface area contributed by atoms with Gasteiger partial charge in [0.25, 0.3) is 5.69 Å². The Morgan fingerprint density at radius 2 is 2.44 bits per heavy atom. The standard InChI is InChI=1S/C11H15N5O2/c1-2-3-9(6-13)15-11-8(5-12)4-10(7-14-11)16(17)18/h4,7,9H,2-3,6,13H2,1H3,(H,14,15). The lowest BCUT2D eigenvalue weighted by Gasteiger charge is -2.16.